The van der Waals surface area contributed by atoms with Gasteiger partial charge in [-0.25, -0.2) is 23.9 Å². The van der Waals surface area contributed by atoms with E-state index >= 15 is 0 Å². The molecular formula is C42H56N6O2SSi. The topological polar surface area (TPSA) is 93.0 Å². The van der Waals surface area contributed by atoms with Crippen molar-refractivity contribution in [3.8, 4) is 22.6 Å². The Balaban J connectivity index is 1.50. The number of benzene rings is 2. The molecule has 1 N–H and O–H groups in total. The molecule has 1 amide bonds. The lowest BCUT2D eigenvalue weighted by atomic mass is 9.93. The minimum Gasteiger partial charge on any atom is -0.331 e. The van der Waals surface area contributed by atoms with Crippen LogP contribution < -0.4 is 4.72 Å². The summed E-state index contributed by atoms with van der Waals surface area (Å²) < 4.78 is 43.8. The molecule has 2 aliphatic rings. The van der Waals surface area contributed by atoms with Crippen molar-refractivity contribution >= 4 is 36.0 Å². The number of hydrogen-bond donors (Lipinski definition) is 1. The Labute approximate surface area is 318 Å². The largest absolute Gasteiger partial charge is 0.331 e. The molecule has 2 bridgehead atoms. The molecule has 4 aromatic rings. The number of nitrogens with one attached hydrogen (secondary N) is 1. The first-order valence-electron chi connectivity index (χ1n) is 20.3. The zero-order chi connectivity index (χ0) is 40.4. The Morgan fingerprint density at radius 2 is 1.63 bits per heavy atom. The van der Waals surface area contributed by atoms with Gasteiger partial charge in [-0.2, -0.15) is 0 Å². The average Bonchev–Trinajstić information content (AvgIpc) is 3.62. The molecule has 1 unspecified atom stereocenters. The highest BCUT2D eigenvalue weighted by Gasteiger charge is 2.45. The predicted octanol–water partition coefficient (Wildman–Crippen LogP) is 9.25. The smallest absolute Gasteiger partial charge is 0.254 e. The Morgan fingerprint density at radius 3 is 2.21 bits per heavy atom. The molecule has 3 atom stereocenters. The number of hydrogen-bond acceptors (Lipinski definition) is 5. The van der Waals surface area contributed by atoms with Crippen LogP contribution >= 0.6 is 0 Å². The highest BCUT2D eigenvalue weighted by atomic mass is 32.2. The maximum atomic E-state index is 14.3. The number of rotatable bonds is 9. The third-order valence-electron chi connectivity index (χ3n) is 11.7. The summed E-state index contributed by atoms with van der Waals surface area (Å²) in [5, 5.41) is 0. The van der Waals surface area contributed by atoms with Crippen LogP contribution in [0.1, 0.15) is 145 Å². The van der Waals surface area contributed by atoms with Gasteiger partial charge in [-0.15, -0.1) is 5.54 Å². The van der Waals surface area contributed by atoms with Crippen molar-refractivity contribution in [3.05, 3.63) is 77.1 Å². The quantitative estimate of drug-likeness (QED) is 0.137. The maximum Gasteiger partial charge on any atom is 0.254 e. The van der Waals surface area contributed by atoms with E-state index < -0.39 is 48.3 Å². The lowest BCUT2D eigenvalue weighted by Crippen LogP contribution is -2.48. The molecule has 0 fully saturated rings. The summed E-state index contributed by atoms with van der Waals surface area (Å²) in [6.07, 6.45) is 5.33. The number of aromatic nitrogens is 4. The maximum absolute atomic E-state index is 14.3. The second-order valence-corrected chi connectivity index (χ2v) is 24.0. The van der Waals surface area contributed by atoms with E-state index in [9.17, 15) is 9.00 Å². The molecule has 0 aliphatic carbocycles. The molecular weight excluding hydrogens is 681 g/mol. The van der Waals surface area contributed by atoms with Crippen LogP contribution in [0.15, 0.2) is 48.8 Å². The van der Waals surface area contributed by atoms with Crippen molar-refractivity contribution < 1.29 is 13.1 Å². The summed E-state index contributed by atoms with van der Waals surface area (Å²) in [5.74, 6) is 4.26. The van der Waals surface area contributed by atoms with Crippen LogP contribution in [0.4, 0.5) is 0 Å². The van der Waals surface area contributed by atoms with Crippen molar-refractivity contribution in [2.24, 2.45) is 0 Å². The Kier molecular flexibility index (Phi) is 9.17. The molecule has 52 heavy (non-hydrogen) atoms. The lowest BCUT2D eigenvalue weighted by molar-refractivity contribution is 0.0734. The monoisotopic (exact) mass is 739 g/mol. The highest BCUT2D eigenvalue weighted by Crippen LogP contribution is 2.49. The number of fused-ring (bicyclic) bond motifs is 9. The van der Waals surface area contributed by atoms with E-state index in [0.717, 1.165) is 32.7 Å². The lowest BCUT2D eigenvalue weighted by Gasteiger charge is -2.38. The average molecular weight is 740 g/mol. The minimum absolute atomic E-state index is 0.353. The van der Waals surface area contributed by atoms with Gasteiger partial charge in [-0.05, 0) is 80.1 Å². The molecule has 6 rings (SSSR count). The van der Waals surface area contributed by atoms with E-state index in [1.165, 1.54) is 0 Å². The Bertz CT molecular complexity index is 2170. The Hall–Kier alpha value is -3.65. The summed E-state index contributed by atoms with van der Waals surface area (Å²) in [6.45, 7) is 20.9. The molecule has 276 valence electrons. The van der Waals surface area contributed by atoms with Gasteiger partial charge in [0, 0.05) is 52.2 Å². The normalized spacial score (nSPS) is 19.2. The standard InChI is InChI=1S/C42H56N6O2SSi/c1-13-42(14-2,46-51(50)41(9,10)11)40-43-24-31(25-44-40)30-18-19-33-34(22-30)48-35-23-36(38(48)45-33)47(12)39(49)32-17-15-16-29(37(32)35)20-21-52(26(3)4,27(5)6)28(7)8/h15-19,22,24-28,35-36,46H,13-14,23H2,1-12H3/t35-,36-,51?/m1/s1/i12D3. The number of nitrogens with zero attached hydrogens (tertiary/aromatic N) is 5. The third-order valence-corrected chi connectivity index (χ3v) is 19.7. The summed E-state index contributed by atoms with van der Waals surface area (Å²) in [6, 6.07) is 10.4. The van der Waals surface area contributed by atoms with Crippen LogP contribution in [-0.2, 0) is 16.5 Å². The minimum atomic E-state index is -2.68. The number of amides is 1. The van der Waals surface area contributed by atoms with Gasteiger partial charge in [0.25, 0.3) is 5.91 Å². The number of carbonyl (C=O) groups excluding carboxylic acids is 1. The summed E-state index contributed by atoms with van der Waals surface area (Å²) in [7, 11) is -3.44. The first-order chi connectivity index (χ1) is 25.7. The van der Waals surface area contributed by atoms with E-state index in [-0.39, 0.29) is 6.04 Å². The molecule has 10 heteroatoms. The molecule has 2 aromatic heterocycles. The third kappa shape index (κ3) is 6.16. The van der Waals surface area contributed by atoms with Crippen molar-refractivity contribution in [2.45, 2.75) is 134 Å². The van der Waals surface area contributed by atoms with E-state index in [0.29, 0.717) is 58.6 Å². The van der Waals surface area contributed by atoms with Crippen LogP contribution in [0.3, 0.4) is 0 Å². The predicted molar refractivity (Wildman–Crippen MR) is 216 cm³/mol. The van der Waals surface area contributed by atoms with Gasteiger partial charge >= 0.3 is 0 Å². The summed E-state index contributed by atoms with van der Waals surface area (Å²) in [4.78, 5) is 30.0. The van der Waals surface area contributed by atoms with Crippen LogP contribution in [0.5, 0.6) is 0 Å². The van der Waals surface area contributed by atoms with Crippen LogP contribution in [0, 0.1) is 11.5 Å². The molecule has 8 nitrogen and oxygen atoms in total. The molecule has 4 heterocycles. The number of carbonyl (C=O) groups is 1. The highest BCUT2D eigenvalue weighted by molar-refractivity contribution is 7.84. The van der Waals surface area contributed by atoms with Gasteiger partial charge in [0.2, 0.25) is 0 Å². The SMILES string of the molecule is [2H]C([2H])([2H])N1C(=O)c2cccc(C#C[Si](C(C)C)(C(C)C)C(C)C)c2[C@H]2C[C@@H]1c1nc3ccc(-c4cnc(C(CC)(CC)NS(=O)C(C)(C)C)nc4)cc3n12. The van der Waals surface area contributed by atoms with E-state index in [4.69, 9.17) is 19.1 Å². The van der Waals surface area contributed by atoms with Crippen LogP contribution in [0.2, 0.25) is 16.6 Å². The van der Waals surface area contributed by atoms with E-state index in [1.807, 2.05) is 71.3 Å². The second kappa shape index (κ2) is 14.0. The van der Waals surface area contributed by atoms with Crippen molar-refractivity contribution in [2.75, 3.05) is 6.98 Å². The second-order valence-electron chi connectivity index (χ2n) is 16.5. The van der Waals surface area contributed by atoms with Crippen molar-refractivity contribution in [3.63, 3.8) is 0 Å². The fourth-order valence-electron chi connectivity index (χ4n) is 8.65. The summed E-state index contributed by atoms with van der Waals surface area (Å²) >= 11 is 0. The fraction of sp³-hybridized carbons (Fsp3) is 0.524. The van der Waals surface area contributed by atoms with Crippen molar-refractivity contribution in [1.82, 2.24) is 29.1 Å². The van der Waals surface area contributed by atoms with Crippen LogP contribution in [0.25, 0.3) is 22.2 Å². The van der Waals surface area contributed by atoms with Crippen LogP contribution in [-0.4, -0.2) is 54.3 Å². The first-order valence-corrected chi connectivity index (χ1v) is 22.1. The first kappa shape index (κ1) is 34.1. The zero-order valence-electron chi connectivity index (χ0n) is 35.6. The molecule has 0 radical (unpaired) electrons. The van der Waals surface area contributed by atoms with Gasteiger partial charge in [0.05, 0.1) is 44.4 Å². The van der Waals surface area contributed by atoms with Gasteiger partial charge < -0.3 is 9.47 Å². The van der Waals surface area contributed by atoms with E-state index in [1.54, 1.807) is 6.07 Å². The van der Waals surface area contributed by atoms with Gasteiger partial charge in [0.15, 0.2) is 0 Å². The summed E-state index contributed by atoms with van der Waals surface area (Å²) in [5.41, 5.74) is 9.64. The molecule has 0 spiro atoms. The van der Waals surface area contributed by atoms with E-state index in [2.05, 4.69) is 68.4 Å². The Morgan fingerprint density at radius 1 is 0.981 bits per heavy atom. The van der Waals surface area contributed by atoms with Gasteiger partial charge in [0.1, 0.15) is 19.7 Å². The molecule has 0 saturated heterocycles. The zero-order valence-corrected chi connectivity index (χ0v) is 34.4. The fourth-order valence-corrected chi connectivity index (χ4v) is 14.9. The van der Waals surface area contributed by atoms with Crippen molar-refractivity contribution in [1.29, 1.82) is 0 Å². The molecule has 2 aromatic carbocycles. The molecule has 0 saturated carbocycles. The molecule has 2 aliphatic heterocycles. The van der Waals surface area contributed by atoms with Gasteiger partial charge in [-0.3, -0.25) is 4.79 Å². The van der Waals surface area contributed by atoms with Gasteiger partial charge in [-0.1, -0.05) is 73.4 Å². The number of imidazole rings is 1.